The van der Waals surface area contributed by atoms with Gasteiger partial charge in [-0.25, -0.2) is 0 Å². The molecule has 6 heterocycles. The summed E-state index contributed by atoms with van der Waals surface area (Å²) in [6.45, 7) is 16.5. The number of hydrogen-bond acceptors (Lipinski definition) is 20. The lowest BCUT2D eigenvalue weighted by Crippen LogP contribution is -2.49. The fourth-order valence-corrected chi connectivity index (χ4v) is 6.88. The van der Waals surface area contributed by atoms with E-state index in [4.69, 9.17) is 71.1 Å². The molecule has 9 unspecified atom stereocenters. The molecule has 20 nitrogen and oxygen atoms in total. The molecule has 6 fully saturated rings. The molecule has 0 aromatic carbocycles. The smallest absolute Gasteiger partial charge is 0.114 e. The molecule has 0 radical (unpaired) electrons. The van der Waals surface area contributed by atoms with E-state index in [0.29, 0.717) is 125 Å². The first-order valence-electron chi connectivity index (χ1n) is 23.7. The van der Waals surface area contributed by atoms with E-state index in [2.05, 4.69) is 5.32 Å². The van der Waals surface area contributed by atoms with Crippen LogP contribution in [0.3, 0.4) is 0 Å². The van der Waals surface area contributed by atoms with Gasteiger partial charge in [0.1, 0.15) is 53.4 Å². The Balaban J connectivity index is 1.000. The third-order valence-corrected chi connectivity index (χ3v) is 12.0. The predicted octanol–water partition coefficient (Wildman–Crippen LogP) is -1.05. The Morgan fingerprint density at radius 3 is 0.984 bits per heavy atom. The molecule has 0 aromatic heterocycles. The molecule has 6 rings (SSSR count). The minimum atomic E-state index is -0.910. The van der Waals surface area contributed by atoms with E-state index >= 15 is 0 Å². The monoisotopic (exact) mass is 925 g/mol. The quantitative estimate of drug-likeness (QED) is 0.0422. The zero-order valence-corrected chi connectivity index (χ0v) is 38.6. The summed E-state index contributed by atoms with van der Waals surface area (Å²) < 4.78 is 86.9. The van der Waals surface area contributed by atoms with Gasteiger partial charge in [-0.2, -0.15) is 0 Å². The van der Waals surface area contributed by atoms with Crippen LogP contribution in [-0.4, -0.2) is 263 Å². The summed E-state index contributed by atoms with van der Waals surface area (Å²) in [4.78, 5) is 1.97. The second-order valence-corrected chi connectivity index (χ2v) is 18.3. The molecule has 374 valence electrons. The molecule has 20 heteroatoms. The molecule has 0 spiro atoms. The first kappa shape index (κ1) is 52.6. The molecule has 0 bridgehead atoms. The first-order valence-corrected chi connectivity index (χ1v) is 23.7. The van der Waals surface area contributed by atoms with Gasteiger partial charge in [0.25, 0.3) is 0 Å². The number of aliphatic hydroxyl groups is 3. The zero-order chi connectivity index (χ0) is 45.1. The number of rotatable bonds is 45. The van der Waals surface area contributed by atoms with E-state index in [1.807, 2.05) is 25.7 Å². The largest absolute Gasteiger partial charge is 0.389 e. The average Bonchev–Trinajstić information content (AvgIpc) is 4.06. The number of aliphatic hydroxyl groups excluding tert-OH is 3. The first-order chi connectivity index (χ1) is 31.1. The maximum Gasteiger partial charge on any atom is 0.114 e. The highest BCUT2D eigenvalue weighted by Gasteiger charge is 2.38. The van der Waals surface area contributed by atoms with Crippen molar-refractivity contribution in [2.45, 2.75) is 112 Å². The van der Waals surface area contributed by atoms with Gasteiger partial charge in [0.2, 0.25) is 0 Å². The number of epoxide rings is 6. The molecular weight excluding hydrogens is 844 g/mol. The summed E-state index contributed by atoms with van der Waals surface area (Å²) in [5.41, 5.74) is -2.29. The molecule has 0 saturated carbocycles. The molecule has 0 aromatic rings. The minimum Gasteiger partial charge on any atom is -0.389 e. The van der Waals surface area contributed by atoms with E-state index < -0.39 is 35.1 Å². The normalized spacial score (nSPS) is 28.5. The minimum absolute atomic E-state index is 0.0179. The third-order valence-electron chi connectivity index (χ3n) is 12.0. The Morgan fingerprint density at radius 2 is 0.734 bits per heavy atom. The Morgan fingerprint density at radius 1 is 0.469 bits per heavy atom. The van der Waals surface area contributed by atoms with Crippen LogP contribution in [-0.2, 0) is 71.1 Å². The molecule has 64 heavy (non-hydrogen) atoms. The van der Waals surface area contributed by atoms with Crippen molar-refractivity contribution in [2.24, 2.45) is 0 Å². The van der Waals surface area contributed by atoms with Crippen LogP contribution in [0.2, 0.25) is 0 Å². The summed E-state index contributed by atoms with van der Waals surface area (Å²) in [5.74, 6) is 0. The average molecular weight is 925 g/mol. The van der Waals surface area contributed by atoms with Gasteiger partial charge in [0.05, 0.1) is 157 Å². The van der Waals surface area contributed by atoms with E-state index in [0.717, 1.165) is 0 Å². The van der Waals surface area contributed by atoms with E-state index in [1.54, 1.807) is 0 Å². The second kappa shape index (κ2) is 27.4. The lowest BCUT2D eigenvalue weighted by molar-refractivity contribution is -0.160. The second-order valence-electron chi connectivity index (χ2n) is 18.3. The highest BCUT2D eigenvalue weighted by Crippen LogP contribution is 2.24. The van der Waals surface area contributed by atoms with Crippen LogP contribution in [0.1, 0.15) is 40.0 Å². The molecule has 9 atom stereocenters. The van der Waals surface area contributed by atoms with Crippen molar-refractivity contribution in [3.05, 3.63) is 0 Å². The predicted molar refractivity (Wildman–Crippen MR) is 228 cm³/mol. The van der Waals surface area contributed by atoms with Crippen LogP contribution in [0.25, 0.3) is 0 Å². The van der Waals surface area contributed by atoms with Gasteiger partial charge in [-0.15, -0.1) is 0 Å². The molecule has 0 amide bonds. The van der Waals surface area contributed by atoms with Gasteiger partial charge in [-0.1, -0.05) is 20.8 Å². The maximum absolute atomic E-state index is 11.5. The van der Waals surface area contributed by atoms with Gasteiger partial charge in [0, 0.05) is 32.7 Å². The Bertz CT molecular complexity index is 1140. The van der Waals surface area contributed by atoms with Crippen molar-refractivity contribution in [3.63, 3.8) is 0 Å². The van der Waals surface area contributed by atoms with Gasteiger partial charge in [0.15, 0.2) is 0 Å². The van der Waals surface area contributed by atoms with Crippen LogP contribution in [0.4, 0.5) is 0 Å². The highest BCUT2D eigenvalue weighted by atomic mass is 16.6. The molecule has 0 aliphatic carbocycles. The molecule has 6 saturated heterocycles. The van der Waals surface area contributed by atoms with Gasteiger partial charge in [-0.05, 0) is 19.3 Å². The number of ether oxygens (including phenoxy) is 15. The summed E-state index contributed by atoms with van der Waals surface area (Å²) in [6.07, 6.45) is -0.130. The Kier molecular flexibility index (Phi) is 22.5. The summed E-state index contributed by atoms with van der Waals surface area (Å²) in [7, 11) is 0. The Hall–Kier alpha value is -0.800. The highest BCUT2D eigenvalue weighted by molar-refractivity contribution is 4.85. The number of hydrogen-bond donors (Lipinski definition) is 4. The fourth-order valence-electron chi connectivity index (χ4n) is 6.88. The van der Waals surface area contributed by atoms with Gasteiger partial charge in [-0.3, -0.25) is 4.90 Å². The third kappa shape index (κ3) is 21.7. The van der Waals surface area contributed by atoms with E-state index in [1.165, 1.54) is 0 Å². The summed E-state index contributed by atoms with van der Waals surface area (Å²) in [6, 6.07) is 0. The van der Waals surface area contributed by atoms with Crippen LogP contribution in [0, 0.1) is 0 Å². The van der Waals surface area contributed by atoms with Crippen molar-refractivity contribution >= 4 is 0 Å². The van der Waals surface area contributed by atoms with E-state index in [-0.39, 0.29) is 103 Å². The van der Waals surface area contributed by atoms with Crippen LogP contribution in [0.5, 0.6) is 0 Å². The number of nitrogens with one attached hydrogen (secondary N) is 1. The van der Waals surface area contributed by atoms with Crippen molar-refractivity contribution in [2.75, 3.05) is 171 Å². The Labute approximate surface area is 379 Å². The molecular formula is C44H80N2O18. The zero-order valence-electron chi connectivity index (χ0n) is 38.6. The van der Waals surface area contributed by atoms with Crippen molar-refractivity contribution < 1.29 is 86.4 Å². The van der Waals surface area contributed by atoms with Crippen molar-refractivity contribution in [1.29, 1.82) is 0 Å². The number of nitrogens with zero attached hydrogens (tertiary/aromatic N) is 1. The van der Waals surface area contributed by atoms with Crippen LogP contribution < -0.4 is 5.32 Å². The van der Waals surface area contributed by atoms with Gasteiger partial charge < -0.3 is 91.7 Å². The standard InChI is InChI=1S/C44H80N2O18/c1-4-42(27-50-15-36-21-56-36,28-51-16-37-22-57-37)62-12-33(47)9-45-7-8-46(10-34(48)13-63-43(5-2,29-52-17-38-23-58-38)30-53-18-39-24-59-39)11-35(49)14-64-44(6-3,31-54-19-40-25-60-40)32-55-20-41-26-61-41/h33-41,45,47-49H,4-32H2,1-3H3. The lowest BCUT2D eigenvalue weighted by atomic mass is 10.0. The van der Waals surface area contributed by atoms with Crippen molar-refractivity contribution in [3.8, 4) is 0 Å². The van der Waals surface area contributed by atoms with Crippen LogP contribution in [0.15, 0.2) is 0 Å². The van der Waals surface area contributed by atoms with E-state index in [9.17, 15) is 15.3 Å². The maximum atomic E-state index is 11.5. The topological polar surface area (TPSA) is 234 Å². The summed E-state index contributed by atoms with van der Waals surface area (Å²) in [5, 5.41) is 37.3. The lowest BCUT2D eigenvalue weighted by Gasteiger charge is -2.35. The molecule has 6 aliphatic heterocycles. The fraction of sp³-hybridized carbons (Fsp3) is 1.00. The van der Waals surface area contributed by atoms with Crippen LogP contribution >= 0.6 is 0 Å². The SMILES string of the molecule is CCC(COCC1CO1)(COCC1CO1)OCC(O)CNCCN(CC(O)COC(CC)(COCC1CO1)COCC1CO1)CC(O)COC(CC)(COCC1CO1)COCC1CO1. The summed E-state index contributed by atoms with van der Waals surface area (Å²) >= 11 is 0. The van der Waals surface area contributed by atoms with Crippen molar-refractivity contribution in [1.82, 2.24) is 10.2 Å². The molecule has 4 N–H and O–H groups in total. The molecule has 6 aliphatic rings. The van der Waals surface area contributed by atoms with Gasteiger partial charge >= 0.3 is 0 Å².